The van der Waals surface area contributed by atoms with E-state index in [1.165, 1.54) is 21.6 Å². The number of aromatic nitrogens is 1. The summed E-state index contributed by atoms with van der Waals surface area (Å²) in [7, 11) is 2.01. The first kappa shape index (κ1) is 13.2. The van der Waals surface area contributed by atoms with Gasteiger partial charge in [-0.25, -0.2) is 4.98 Å². The van der Waals surface area contributed by atoms with Crippen molar-refractivity contribution in [1.29, 1.82) is 0 Å². The maximum Gasteiger partial charge on any atom is 0.0900 e. The van der Waals surface area contributed by atoms with Crippen molar-refractivity contribution in [3.05, 3.63) is 50.5 Å². The molecule has 0 fully saturated rings. The zero-order valence-corrected chi connectivity index (χ0v) is 12.5. The Hall–Kier alpha value is -1.19. The highest BCUT2D eigenvalue weighted by atomic mass is 32.1. The molecule has 1 heterocycles. The number of hydrogen-bond acceptors (Lipinski definition) is 3. The minimum Gasteiger partial charge on any atom is -0.309 e. The Morgan fingerprint density at radius 2 is 1.89 bits per heavy atom. The van der Waals surface area contributed by atoms with Gasteiger partial charge in [0.1, 0.15) is 0 Å². The van der Waals surface area contributed by atoms with Gasteiger partial charge in [-0.3, -0.25) is 0 Å². The summed E-state index contributed by atoms with van der Waals surface area (Å²) in [4.78, 5) is 5.86. The van der Waals surface area contributed by atoms with Gasteiger partial charge in [0, 0.05) is 4.88 Å². The molecule has 2 aromatic rings. The van der Waals surface area contributed by atoms with Crippen LogP contribution >= 0.6 is 11.3 Å². The van der Waals surface area contributed by atoms with Crippen molar-refractivity contribution >= 4 is 11.3 Å². The van der Waals surface area contributed by atoms with E-state index in [-0.39, 0.29) is 6.04 Å². The fourth-order valence-corrected chi connectivity index (χ4v) is 3.39. The van der Waals surface area contributed by atoms with Gasteiger partial charge in [0.05, 0.1) is 16.7 Å². The quantitative estimate of drug-likeness (QED) is 0.910. The molecule has 0 saturated heterocycles. The Kier molecular flexibility index (Phi) is 3.83. The summed E-state index contributed by atoms with van der Waals surface area (Å²) in [6, 6.07) is 6.75. The molecular formula is C15H20N2S. The molecule has 1 atom stereocenters. The van der Waals surface area contributed by atoms with Gasteiger partial charge in [0.25, 0.3) is 0 Å². The molecule has 0 bridgehead atoms. The van der Waals surface area contributed by atoms with E-state index < -0.39 is 0 Å². The summed E-state index contributed by atoms with van der Waals surface area (Å²) < 4.78 is 0. The van der Waals surface area contributed by atoms with Gasteiger partial charge in [-0.2, -0.15) is 0 Å². The molecule has 0 saturated carbocycles. The van der Waals surface area contributed by atoms with E-state index in [0.29, 0.717) is 0 Å². The Morgan fingerprint density at radius 1 is 1.17 bits per heavy atom. The van der Waals surface area contributed by atoms with E-state index >= 15 is 0 Å². The predicted molar refractivity (Wildman–Crippen MR) is 78.4 cm³/mol. The molecule has 96 valence electrons. The fourth-order valence-electron chi connectivity index (χ4n) is 2.33. The summed E-state index contributed by atoms with van der Waals surface area (Å²) in [6.07, 6.45) is 0. The number of rotatable bonds is 3. The van der Waals surface area contributed by atoms with E-state index in [2.05, 4.69) is 56.2 Å². The van der Waals surface area contributed by atoms with Crippen molar-refractivity contribution in [3.8, 4) is 0 Å². The Bertz CT molecular complexity index is 558. The second-order valence-electron chi connectivity index (χ2n) is 4.69. The van der Waals surface area contributed by atoms with Crippen molar-refractivity contribution in [2.24, 2.45) is 0 Å². The van der Waals surface area contributed by atoms with Gasteiger partial charge >= 0.3 is 0 Å². The third-order valence-electron chi connectivity index (χ3n) is 3.45. The summed E-state index contributed by atoms with van der Waals surface area (Å²) >= 11 is 1.78. The van der Waals surface area contributed by atoms with E-state index in [9.17, 15) is 0 Å². The van der Waals surface area contributed by atoms with Crippen LogP contribution in [0.3, 0.4) is 0 Å². The zero-order chi connectivity index (χ0) is 13.3. The highest BCUT2D eigenvalue weighted by Crippen LogP contribution is 2.32. The summed E-state index contributed by atoms with van der Waals surface area (Å²) in [5, 5.41) is 4.56. The number of thiazole rings is 1. The fraction of sp³-hybridized carbons (Fsp3) is 0.400. The second kappa shape index (κ2) is 5.21. The first-order valence-corrected chi connectivity index (χ1v) is 7.03. The van der Waals surface area contributed by atoms with Crippen LogP contribution < -0.4 is 5.32 Å². The van der Waals surface area contributed by atoms with Crippen LogP contribution in [-0.4, -0.2) is 12.0 Å². The molecule has 0 aliphatic carbocycles. The molecule has 0 aliphatic heterocycles. The highest BCUT2D eigenvalue weighted by molar-refractivity contribution is 7.11. The average Bonchev–Trinajstić information content (AvgIpc) is 2.65. The molecule has 0 aliphatic rings. The van der Waals surface area contributed by atoms with Crippen molar-refractivity contribution in [2.75, 3.05) is 7.05 Å². The normalized spacial score (nSPS) is 12.7. The van der Waals surface area contributed by atoms with E-state index in [1.54, 1.807) is 11.3 Å². The molecule has 3 heteroatoms. The summed E-state index contributed by atoms with van der Waals surface area (Å²) in [6.45, 7) is 8.51. The van der Waals surface area contributed by atoms with Gasteiger partial charge in [0.2, 0.25) is 0 Å². The molecular weight excluding hydrogens is 240 g/mol. The monoisotopic (exact) mass is 260 g/mol. The smallest absolute Gasteiger partial charge is 0.0900 e. The molecule has 0 spiro atoms. The van der Waals surface area contributed by atoms with Gasteiger partial charge < -0.3 is 5.32 Å². The van der Waals surface area contributed by atoms with Crippen molar-refractivity contribution in [2.45, 2.75) is 33.7 Å². The summed E-state index contributed by atoms with van der Waals surface area (Å²) in [5.74, 6) is 0. The number of nitrogens with zero attached hydrogens (tertiary/aromatic N) is 1. The Labute approximate surface area is 113 Å². The topological polar surface area (TPSA) is 24.9 Å². The molecule has 0 radical (unpaired) electrons. The van der Waals surface area contributed by atoms with Crippen LogP contribution in [0.4, 0.5) is 0 Å². The lowest BCUT2D eigenvalue weighted by Crippen LogP contribution is -2.18. The minimum atomic E-state index is 0.246. The van der Waals surface area contributed by atoms with E-state index in [1.807, 2.05) is 7.05 Å². The maximum absolute atomic E-state index is 4.54. The number of hydrogen-bond donors (Lipinski definition) is 1. The van der Waals surface area contributed by atoms with Crippen LogP contribution in [0.25, 0.3) is 0 Å². The van der Waals surface area contributed by atoms with Gasteiger partial charge in [-0.15, -0.1) is 11.3 Å². The minimum absolute atomic E-state index is 0.246. The van der Waals surface area contributed by atoms with Gasteiger partial charge in [-0.1, -0.05) is 18.2 Å². The van der Waals surface area contributed by atoms with Crippen LogP contribution in [0.2, 0.25) is 0 Å². The molecule has 18 heavy (non-hydrogen) atoms. The third-order valence-corrected chi connectivity index (χ3v) is 4.59. The van der Waals surface area contributed by atoms with Crippen LogP contribution in [0.5, 0.6) is 0 Å². The standard InChI is InChI=1S/C15H20N2S/c1-9-7-6-8-13(10(9)2)14(16-5)15-11(3)17-12(4)18-15/h6-8,14,16H,1-5H3. The average molecular weight is 260 g/mol. The molecule has 2 rings (SSSR count). The molecule has 2 nitrogen and oxygen atoms in total. The van der Waals surface area contributed by atoms with Crippen LogP contribution in [0.1, 0.15) is 38.3 Å². The summed E-state index contributed by atoms with van der Waals surface area (Å²) in [5.41, 5.74) is 5.19. The van der Waals surface area contributed by atoms with Gasteiger partial charge in [-0.05, 0) is 51.4 Å². The van der Waals surface area contributed by atoms with Crippen LogP contribution in [0.15, 0.2) is 18.2 Å². The molecule has 1 unspecified atom stereocenters. The number of nitrogens with one attached hydrogen (secondary N) is 1. The predicted octanol–water partition coefficient (Wildman–Crippen LogP) is 3.69. The molecule has 0 amide bonds. The van der Waals surface area contributed by atoms with Crippen LogP contribution in [0, 0.1) is 27.7 Å². The first-order valence-electron chi connectivity index (χ1n) is 6.22. The van der Waals surface area contributed by atoms with Crippen molar-refractivity contribution in [3.63, 3.8) is 0 Å². The Balaban J connectivity index is 2.52. The number of aryl methyl sites for hydroxylation is 3. The molecule has 1 aromatic heterocycles. The third kappa shape index (κ3) is 2.33. The first-order chi connectivity index (χ1) is 8.54. The number of benzene rings is 1. The SMILES string of the molecule is CNC(c1cccc(C)c1C)c1sc(C)nc1C. The van der Waals surface area contributed by atoms with Crippen LogP contribution in [-0.2, 0) is 0 Å². The maximum atomic E-state index is 4.54. The lowest BCUT2D eigenvalue weighted by molar-refractivity contribution is 0.692. The Morgan fingerprint density at radius 3 is 2.44 bits per heavy atom. The zero-order valence-electron chi connectivity index (χ0n) is 11.7. The van der Waals surface area contributed by atoms with E-state index in [4.69, 9.17) is 0 Å². The lowest BCUT2D eigenvalue weighted by Gasteiger charge is -2.19. The van der Waals surface area contributed by atoms with Gasteiger partial charge in [0.15, 0.2) is 0 Å². The van der Waals surface area contributed by atoms with Crippen molar-refractivity contribution in [1.82, 2.24) is 10.3 Å². The molecule has 1 aromatic carbocycles. The lowest BCUT2D eigenvalue weighted by atomic mass is 9.96. The largest absolute Gasteiger partial charge is 0.309 e. The van der Waals surface area contributed by atoms with Crippen molar-refractivity contribution < 1.29 is 0 Å². The second-order valence-corrected chi connectivity index (χ2v) is 5.93. The van der Waals surface area contributed by atoms with E-state index in [0.717, 1.165) is 10.7 Å². The molecule has 1 N–H and O–H groups in total. The highest BCUT2D eigenvalue weighted by Gasteiger charge is 2.19.